The lowest BCUT2D eigenvalue weighted by Crippen LogP contribution is -2.22. The van der Waals surface area contributed by atoms with E-state index < -0.39 is 17.5 Å². The van der Waals surface area contributed by atoms with Gasteiger partial charge in [-0.25, -0.2) is 18.7 Å². The molecule has 4 rings (SSSR count). The molecule has 1 amide bonds. The van der Waals surface area contributed by atoms with Crippen LogP contribution in [-0.2, 0) is 0 Å². The third-order valence-corrected chi connectivity index (χ3v) is 4.38. The Labute approximate surface area is 163 Å². The zero-order valence-electron chi connectivity index (χ0n) is 15.2. The van der Waals surface area contributed by atoms with Crippen molar-refractivity contribution in [2.24, 2.45) is 0 Å². The van der Waals surface area contributed by atoms with Crippen molar-refractivity contribution in [2.45, 2.75) is 6.92 Å². The van der Waals surface area contributed by atoms with E-state index in [0.717, 1.165) is 12.1 Å². The fourth-order valence-electron chi connectivity index (χ4n) is 2.96. The van der Waals surface area contributed by atoms with Crippen molar-refractivity contribution in [1.29, 1.82) is 0 Å². The van der Waals surface area contributed by atoms with Crippen LogP contribution in [-0.4, -0.2) is 20.4 Å². The fourth-order valence-corrected chi connectivity index (χ4v) is 2.96. The van der Waals surface area contributed by atoms with E-state index >= 15 is 0 Å². The van der Waals surface area contributed by atoms with Gasteiger partial charge < -0.3 is 5.32 Å². The molecule has 0 bridgehead atoms. The number of carbonyl (C=O) groups excluding carboxylic acids is 1. The predicted octanol–water partition coefficient (Wildman–Crippen LogP) is 3.62. The molecule has 2 heterocycles. The van der Waals surface area contributed by atoms with Gasteiger partial charge in [-0.2, -0.15) is 0 Å². The van der Waals surface area contributed by atoms with Gasteiger partial charge in [0, 0.05) is 17.4 Å². The number of carbonyl (C=O) groups is 1. The number of rotatable bonds is 3. The molecule has 0 atom stereocenters. The second kappa shape index (κ2) is 7.23. The molecule has 144 valence electrons. The first-order chi connectivity index (χ1) is 13.9. The lowest BCUT2D eigenvalue weighted by atomic mass is 10.2. The molecule has 0 aliphatic heterocycles. The highest BCUT2D eigenvalue weighted by Gasteiger charge is 2.12. The van der Waals surface area contributed by atoms with Crippen molar-refractivity contribution in [1.82, 2.24) is 14.5 Å². The Bertz CT molecular complexity index is 1300. The second-order valence-corrected chi connectivity index (χ2v) is 6.30. The van der Waals surface area contributed by atoms with Crippen LogP contribution in [0.3, 0.4) is 0 Å². The van der Waals surface area contributed by atoms with E-state index in [2.05, 4.69) is 15.3 Å². The lowest BCUT2D eigenvalue weighted by Gasteiger charge is -2.11. The number of hydrogen-bond acceptors (Lipinski definition) is 4. The average Bonchev–Trinajstić information content (AvgIpc) is 2.71. The third kappa shape index (κ3) is 3.47. The van der Waals surface area contributed by atoms with Gasteiger partial charge in [-0.1, -0.05) is 0 Å². The van der Waals surface area contributed by atoms with Gasteiger partial charge in [-0.15, -0.1) is 0 Å². The van der Waals surface area contributed by atoms with Gasteiger partial charge in [-0.05, 0) is 61.5 Å². The van der Waals surface area contributed by atoms with Crippen molar-refractivity contribution in [2.75, 3.05) is 5.32 Å². The highest BCUT2D eigenvalue weighted by Crippen LogP contribution is 2.16. The first kappa shape index (κ1) is 18.4. The maximum absolute atomic E-state index is 13.3. The smallest absolute Gasteiger partial charge is 0.267 e. The van der Waals surface area contributed by atoms with Gasteiger partial charge in [0.1, 0.15) is 5.82 Å². The van der Waals surface area contributed by atoms with Crippen LogP contribution < -0.4 is 10.9 Å². The van der Waals surface area contributed by atoms with Crippen molar-refractivity contribution >= 4 is 22.6 Å². The Morgan fingerprint density at radius 1 is 1.03 bits per heavy atom. The highest BCUT2D eigenvalue weighted by atomic mass is 19.2. The number of pyridine rings is 1. The van der Waals surface area contributed by atoms with E-state index in [4.69, 9.17) is 0 Å². The van der Waals surface area contributed by atoms with Crippen LogP contribution in [0.15, 0.2) is 65.6 Å². The second-order valence-electron chi connectivity index (χ2n) is 6.30. The van der Waals surface area contributed by atoms with Gasteiger partial charge >= 0.3 is 0 Å². The topological polar surface area (TPSA) is 76.9 Å². The number of benzene rings is 2. The number of amides is 1. The number of aromatic nitrogens is 3. The molecule has 4 aromatic rings. The minimum Gasteiger partial charge on any atom is -0.322 e. The zero-order valence-corrected chi connectivity index (χ0v) is 15.2. The molecule has 0 spiro atoms. The van der Waals surface area contributed by atoms with Crippen molar-refractivity contribution in [3.63, 3.8) is 0 Å². The van der Waals surface area contributed by atoms with E-state index in [0.29, 0.717) is 28.2 Å². The number of halogens is 2. The molecule has 2 aromatic carbocycles. The molecule has 0 saturated carbocycles. The summed E-state index contributed by atoms with van der Waals surface area (Å²) in [6.07, 6.45) is 1.57. The SMILES string of the molecule is Cc1nc2ncccc2c(=O)n1-c1ccc(NC(=O)c2ccc(F)c(F)c2)cc1. The summed E-state index contributed by atoms with van der Waals surface area (Å²) in [5, 5.41) is 3.00. The van der Waals surface area contributed by atoms with E-state index in [-0.39, 0.29) is 11.1 Å². The van der Waals surface area contributed by atoms with Gasteiger partial charge in [0.2, 0.25) is 0 Å². The van der Waals surface area contributed by atoms with Crippen LogP contribution in [0.1, 0.15) is 16.2 Å². The summed E-state index contributed by atoms with van der Waals surface area (Å²) in [6.45, 7) is 1.70. The van der Waals surface area contributed by atoms with Gasteiger partial charge in [0.15, 0.2) is 17.3 Å². The molecular formula is C21H14F2N4O2. The number of anilines is 1. The molecule has 0 aliphatic rings. The van der Waals surface area contributed by atoms with Crippen molar-refractivity contribution in [3.8, 4) is 5.69 Å². The monoisotopic (exact) mass is 392 g/mol. The summed E-state index contributed by atoms with van der Waals surface area (Å²) in [6, 6.07) is 12.8. The Balaban J connectivity index is 1.63. The summed E-state index contributed by atoms with van der Waals surface area (Å²) < 4.78 is 27.8. The zero-order chi connectivity index (χ0) is 20.5. The summed E-state index contributed by atoms with van der Waals surface area (Å²) in [7, 11) is 0. The molecular weight excluding hydrogens is 378 g/mol. The highest BCUT2D eigenvalue weighted by molar-refractivity contribution is 6.04. The molecule has 0 aliphatic carbocycles. The quantitative estimate of drug-likeness (QED) is 0.578. The van der Waals surface area contributed by atoms with Crippen molar-refractivity contribution in [3.05, 3.63) is 94.2 Å². The van der Waals surface area contributed by atoms with Crippen LogP contribution in [0.4, 0.5) is 14.5 Å². The molecule has 2 aromatic heterocycles. The van der Waals surface area contributed by atoms with Crippen LogP contribution in [0.2, 0.25) is 0 Å². The lowest BCUT2D eigenvalue weighted by molar-refractivity contribution is 0.102. The van der Waals surface area contributed by atoms with E-state index in [9.17, 15) is 18.4 Å². The number of nitrogens with zero attached hydrogens (tertiary/aromatic N) is 3. The summed E-state index contributed by atoms with van der Waals surface area (Å²) >= 11 is 0. The summed E-state index contributed by atoms with van der Waals surface area (Å²) in [4.78, 5) is 33.5. The molecule has 8 heteroatoms. The number of fused-ring (bicyclic) bond motifs is 1. The average molecular weight is 392 g/mol. The molecule has 0 radical (unpaired) electrons. The molecule has 0 fully saturated rings. The first-order valence-electron chi connectivity index (χ1n) is 8.65. The summed E-state index contributed by atoms with van der Waals surface area (Å²) in [5.41, 5.74) is 1.12. The predicted molar refractivity (Wildman–Crippen MR) is 104 cm³/mol. The van der Waals surface area contributed by atoms with Crippen LogP contribution in [0.5, 0.6) is 0 Å². The maximum atomic E-state index is 13.3. The number of aryl methyl sites for hydroxylation is 1. The minimum absolute atomic E-state index is 0.00808. The molecule has 6 nitrogen and oxygen atoms in total. The minimum atomic E-state index is -1.10. The molecule has 0 unspecified atom stereocenters. The number of hydrogen-bond donors (Lipinski definition) is 1. The van der Waals surface area contributed by atoms with Crippen molar-refractivity contribution < 1.29 is 13.6 Å². The largest absolute Gasteiger partial charge is 0.322 e. The van der Waals surface area contributed by atoms with Crippen LogP contribution >= 0.6 is 0 Å². The van der Waals surface area contributed by atoms with Gasteiger partial charge in [0.05, 0.1) is 11.1 Å². The first-order valence-corrected chi connectivity index (χ1v) is 8.65. The van der Waals surface area contributed by atoms with Gasteiger partial charge in [0.25, 0.3) is 11.5 Å². The Morgan fingerprint density at radius 2 is 1.79 bits per heavy atom. The Kier molecular flexibility index (Phi) is 4.59. The molecule has 29 heavy (non-hydrogen) atoms. The summed E-state index contributed by atoms with van der Waals surface area (Å²) in [5.74, 6) is -2.23. The van der Waals surface area contributed by atoms with Gasteiger partial charge in [-0.3, -0.25) is 14.2 Å². The van der Waals surface area contributed by atoms with Crippen LogP contribution in [0.25, 0.3) is 16.7 Å². The van der Waals surface area contributed by atoms with E-state index in [1.165, 1.54) is 10.6 Å². The molecule has 0 saturated heterocycles. The Morgan fingerprint density at radius 3 is 2.52 bits per heavy atom. The van der Waals surface area contributed by atoms with E-state index in [1.54, 1.807) is 49.5 Å². The van der Waals surface area contributed by atoms with E-state index in [1.807, 2.05) is 0 Å². The third-order valence-electron chi connectivity index (χ3n) is 4.38. The fraction of sp³-hybridized carbons (Fsp3) is 0.0476. The molecule has 1 N–H and O–H groups in total. The normalized spacial score (nSPS) is 10.9. The number of nitrogens with one attached hydrogen (secondary N) is 1. The standard InChI is InChI=1S/C21H14F2N4O2/c1-12-25-19-16(3-2-10-24-19)21(29)27(12)15-7-5-14(6-8-15)26-20(28)13-4-9-17(22)18(23)11-13/h2-11H,1H3,(H,26,28). The maximum Gasteiger partial charge on any atom is 0.267 e. The Hall–Kier alpha value is -3.94. The van der Waals surface area contributed by atoms with Crippen LogP contribution in [0, 0.1) is 18.6 Å².